The number of aliphatic carboxylic acids is 1. The van der Waals surface area contributed by atoms with Gasteiger partial charge in [0.1, 0.15) is 5.82 Å². The van der Waals surface area contributed by atoms with Crippen molar-refractivity contribution in [1.82, 2.24) is 4.98 Å². The summed E-state index contributed by atoms with van der Waals surface area (Å²) in [6, 6.07) is 7.69. The number of hydrogen-bond acceptors (Lipinski definition) is 3. The molecule has 5 heteroatoms. The second-order valence-corrected chi connectivity index (χ2v) is 5.94. The number of halogens is 1. The molecule has 0 bridgehead atoms. The lowest BCUT2D eigenvalue weighted by Gasteiger charge is -2.22. The number of aromatic nitrogens is 1. The minimum atomic E-state index is -0.808. The summed E-state index contributed by atoms with van der Waals surface area (Å²) >= 11 is 3.52. The van der Waals surface area contributed by atoms with Crippen LogP contribution in [0.5, 0.6) is 0 Å². The Morgan fingerprint density at radius 2 is 2.10 bits per heavy atom. The number of pyridine rings is 1. The third-order valence-corrected chi connectivity index (χ3v) is 3.97. The zero-order valence-electron chi connectivity index (χ0n) is 11.4. The van der Waals surface area contributed by atoms with Gasteiger partial charge in [-0.3, -0.25) is 4.79 Å². The Kier molecular flexibility index (Phi) is 4.60. The fraction of sp³-hybridized carbons (Fsp3) is 0.333. The molecule has 0 aliphatic carbocycles. The summed E-state index contributed by atoms with van der Waals surface area (Å²) < 4.78 is 1.000. The number of rotatable bonds is 5. The number of anilines is 1. The third kappa shape index (κ3) is 3.28. The molecule has 2 N–H and O–H groups in total. The lowest BCUT2D eigenvalue weighted by molar-refractivity contribution is -0.137. The van der Waals surface area contributed by atoms with Crippen molar-refractivity contribution < 1.29 is 9.90 Å². The Hall–Kier alpha value is -1.62. The molecule has 0 saturated carbocycles. The Morgan fingerprint density at radius 1 is 1.35 bits per heavy atom. The van der Waals surface area contributed by atoms with Gasteiger partial charge in [-0.15, -0.1) is 0 Å². The van der Waals surface area contributed by atoms with Crippen molar-refractivity contribution in [3.63, 3.8) is 0 Å². The van der Waals surface area contributed by atoms with Crippen molar-refractivity contribution in [2.24, 2.45) is 5.92 Å². The van der Waals surface area contributed by atoms with E-state index in [9.17, 15) is 4.79 Å². The van der Waals surface area contributed by atoms with Gasteiger partial charge in [0.15, 0.2) is 0 Å². The minimum Gasteiger partial charge on any atom is -0.481 e. The molecular formula is C15H17BrN2O2. The van der Waals surface area contributed by atoms with Crippen molar-refractivity contribution >= 4 is 38.5 Å². The second-order valence-electron chi connectivity index (χ2n) is 5.09. The summed E-state index contributed by atoms with van der Waals surface area (Å²) in [6.07, 6.45) is 1.80. The molecule has 1 aromatic carbocycles. The number of carboxylic acids is 1. The molecular weight excluding hydrogens is 320 g/mol. The molecule has 2 aromatic rings. The monoisotopic (exact) mass is 336 g/mol. The molecule has 2 rings (SSSR count). The van der Waals surface area contributed by atoms with Crippen molar-refractivity contribution in [2.75, 3.05) is 5.32 Å². The fourth-order valence-electron chi connectivity index (χ4n) is 2.10. The van der Waals surface area contributed by atoms with Crippen LogP contribution in [0.2, 0.25) is 0 Å². The zero-order valence-corrected chi connectivity index (χ0v) is 13.0. The van der Waals surface area contributed by atoms with Gasteiger partial charge in [0.05, 0.1) is 6.42 Å². The molecule has 1 heterocycles. The highest BCUT2D eigenvalue weighted by atomic mass is 79.9. The molecule has 0 fully saturated rings. The van der Waals surface area contributed by atoms with Crippen molar-refractivity contribution in [3.8, 4) is 0 Å². The highest BCUT2D eigenvalue weighted by Gasteiger charge is 2.18. The standard InChI is InChI=1S/C15H17BrN2O2/c1-9(2)13(8-14(19)20)18-15-11-4-3-5-12(16)10(11)6-7-17-15/h3-7,9,13H,8H2,1-2H3,(H,17,18)(H,19,20). The predicted octanol–water partition coefficient (Wildman–Crippen LogP) is 3.91. The van der Waals surface area contributed by atoms with Gasteiger partial charge in [-0.25, -0.2) is 4.98 Å². The molecule has 0 spiro atoms. The van der Waals surface area contributed by atoms with Gasteiger partial charge in [-0.1, -0.05) is 41.9 Å². The minimum absolute atomic E-state index is 0.0732. The van der Waals surface area contributed by atoms with Crippen LogP contribution in [0.3, 0.4) is 0 Å². The fourth-order valence-corrected chi connectivity index (χ4v) is 2.60. The van der Waals surface area contributed by atoms with E-state index < -0.39 is 5.97 Å². The first-order valence-electron chi connectivity index (χ1n) is 6.50. The van der Waals surface area contributed by atoms with Crippen LogP contribution >= 0.6 is 15.9 Å². The van der Waals surface area contributed by atoms with E-state index in [1.807, 2.05) is 38.1 Å². The van der Waals surface area contributed by atoms with E-state index in [4.69, 9.17) is 5.11 Å². The second kappa shape index (κ2) is 6.22. The lowest BCUT2D eigenvalue weighted by Crippen LogP contribution is -2.29. The Morgan fingerprint density at radius 3 is 2.75 bits per heavy atom. The van der Waals surface area contributed by atoms with Gasteiger partial charge >= 0.3 is 5.97 Å². The maximum Gasteiger partial charge on any atom is 0.305 e. The molecule has 0 radical (unpaired) electrons. The van der Waals surface area contributed by atoms with Crippen molar-refractivity contribution in [3.05, 3.63) is 34.9 Å². The normalized spacial score (nSPS) is 12.6. The molecule has 1 atom stereocenters. The maximum atomic E-state index is 11.0. The highest BCUT2D eigenvalue weighted by molar-refractivity contribution is 9.10. The summed E-state index contributed by atoms with van der Waals surface area (Å²) in [5, 5.41) is 14.3. The average molecular weight is 337 g/mol. The molecule has 0 aliphatic heterocycles. The first-order valence-corrected chi connectivity index (χ1v) is 7.30. The van der Waals surface area contributed by atoms with Crippen LogP contribution in [0.4, 0.5) is 5.82 Å². The van der Waals surface area contributed by atoms with Crippen LogP contribution in [-0.4, -0.2) is 22.1 Å². The van der Waals surface area contributed by atoms with E-state index in [0.29, 0.717) is 0 Å². The van der Waals surface area contributed by atoms with Crippen LogP contribution in [0, 0.1) is 5.92 Å². The molecule has 0 aliphatic rings. The van der Waals surface area contributed by atoms with E-state index in [0.717, 1.165) is 21.1 Å². The summed E-state index contributed by atoms with van der Waals surface area (Å²) in [5.74, 6) is 0.122. The van der Waals surface area contributed by atoms with E-state index in [2.05, 4.69) is 26.2 Å². The topological polar surface area (TPSA) is 62.2 Å². The van der Waals surface area contributed by atoms with Crippen molar-refractivity contribution in [1.29, 1.82) is 0 Å². The van der Waals surface area contributed by atoms with Crippen molar-refractivity contribution in [2.45, 2.75) is 26.3 Å². The van der Waals surface area contributed by atoms with Gasteiger partial charge < -0.3 is 10.4 Å². The van der Waals surface area contributed by atoms with Gasteiger partial charge in [-0.05, 0) is 18.1 Å². The van der Waals surface area contributed by atoms with Gasteiger partial charge in [0.2, 0.25) is 0 Å². The van der Waals surface area contributed by atoms with Gasteiger partial charge in [0.25, 0.3) is 0 Å². The number of benzene rings is 1. The molecule has 0 amide bonds. The van der Waals surface area contributed by atoms with Crippen LogP contribution in [0.15, 0.2) is 34.9 Å². The Balaban J connectivity index is 2.37. The Bertz CT molecular complexity index is 628. The first kappa shape index (κ1) is 14.8. The summed E-state index contributed by atoms with van der Waals surface area (Å²) in [5.41, 5.74) is 0. The van der Waals surface area contributed by atoms with Crippen LogP contribution < -0.4 is 5.32 Å². The van der Waals surface area contributed by atoms with E-state index in [1.54, 1.807) is 6.20 Å². The SMILES string of the molecule is CC(C)C(CC(=O)O)Nc1nccc2c(Br)cccc12. The molecule has 106 valence electrons. The number of carboxylic acid groups (broad SMARTS) is 1. The zero-order chi connectivity index (χ0) is 14.7. The third-order valence-electron chi connectivity index (χ3n) is 3.27. The molecule has 20 heavy (non-hydrogen) atoms. The molecule has 1 unspecified atom stereocenters. The lowest BCUT2D eigenvalue weighted by atomic mass is 10.0. The average Bonchev–Trinajstić information content (AvgIpc) is 2.38. The summed E-state index contributed by atoms with van der Waals surface area (Å²) in [4.78, 5) is 15.3. The van der Waals surface area contributed by atoms with Crippen LogP contribution in [0.1, 0.15) is 20.3 Å². The largest absolute Gasteiger partial charge is 0.481 e. The number of fused-ring (bicyclic) bond motifs is 1. The number of hydrogen-bond donors (Lipinski definition) is 2. The summed E-state index contributed by atoms with van der Waals surface area (Å²) in [6.45, 7) is 4.00. The van der Waals surface area contributed by atoms with Gasteiger partial charge in [0, 0.05) is 27.5 Å². The molecule has 1 aromatic heterocycles. The quantitative estimate of drug-likeness (QED) is 0.868. The highest BCUT2D eigenvalue weighted by Crippen LogP contribution is 2.28. The summed E-state index contributed by atoms with van der Waals surface area (Å²) in [7, 11) is 0. The first-order chi connectivity index (χ1) is 9.49. The van der Waals surface area contributed by atoms with Crippen LogP contribution in [0.25, 0.3) is 10.8 Å². The predicted molar refractivity (Wildman–Crippen MR) is 83.9 cm³/mol. The van der Waals surface area contributed by atoms with Crippen LogP contribution in [-0.2, 0) is 4.79 Å². The molecule has 0 saturated heterocycles. The smallest absolute Gasteiger partial charge is 0.305 e. The number of carbonyl (C=O) groups is 1. The van der Waals surface area contributed by atoms with E-state index in [1.165, 1.54) is 0 Å². The van der Waals surface area contributed by atoms with Gasteiger partial charge in [-0.2, -0.15) is 0 Å². The number of nitrogens with one attached hydrogen (secondary N) is 1. The van der Waals surface area contributed by atoms with E-state index >= 15 is 0 Å². The molecule has 4 nitrogen and oxygen atoms in total. The Labute approximate surface area is 126 Å². The maximum absolute atomic E-state index is 11.0. The van der Waals surface area contributed by atoms with E-state index in [-0.39, 0.29) is 18.4 Å². The number of nitrogens with zero attached hydrogens (tertiary/aromatic N) is 1.